The normalized spacial score (nSPS) is 14.9. The van der Waals surface area contributed by atoms with Crippen molar-refractivity contribution in [3.63, 3.8) is 0 Å². The summed E-state index contributed by atoms with van der Waals surface area (Å²) in [6, 6.07) is 17.6. The predicted octanol–water partition coefficient (Wildman–Crippen LogP) is 3.98. The molecule has 4 heteroatoms. The van der Waals surface area contributed by atoms with E-state index in [0.717, 1.165) is 36.5 Å². The van der Waals surface area contributed by atoms with Gasteiger partial charge in [-0.2, -0.15) is 0 Å². The maximum Gasteiger partial charge on any atom is 0.224 e. The van der Waals surface area contributed by atoms with Gasteiger partial charge in [0.05, 0.1) is 0 Å². The van der Waals surface area contributed by atoms with Crippen LogP contribution in [-0.4, -0.2) is 19.0 Å². The second-order valence-corrected chi connectivity index (χ2v) is 6.54. The van der Waals surface area contributed by atoms with Gasteiger partial charge in [0.2, 0.25) is 5.91 Å². The topological polar surface area (TPSA) is 50.4 Å². The Hall–Kier alpha value is -2.33. The van der Waals surface area contributed by atoms with E-state index in [1.165, 1.54) is 12.8 Å². The molecule has 0 radical (unpaired) electrons. The molecule has 0 aromatic heterocycles. The standard InChI is InChI=1S/C21H26N2O2/c24-21(11-10-17-12-14-22-15-13-17)23-20-9-5-4-6-18(20)16-25-19-7-2-1-3-8-19/h1-9,17,22H,10-16H2,(H,23,24). The molecule has 0 bridgehead atoms. The summed E-state index contributed by atoms with van der Waals surface area (Å²) in [4.78, 5) is 12.3. The highest BCUT2D eigenvalue weighted by atomic mass is 16.5. The molecule has 1 saturated heterocycles. The first-order valence-electron chi connectivity index (χ1n) is 9.07. The molecule has 132 valence electrons. The molecule has 25 heavy (non-hydrogen) atoms. The quantitative estimate of drug-likeness (QED) is 0.803. The third kappa shape index (κ3) is 5.61. The van der Waals surface area contributed by atoms with Crippen LogP contribution in [0.3, 0.4) is 0 Å². The van der Waals surface area contributed by atoms with E-state index < -0.39 is 0 Å². The lowest BCUT2D eigenvalue weighted by Crippen LogP contribution is -2.28. The fraction of sp³-hybridized carbons (Fsp3) is 0.381. The Morgan fingerprint density at radius 1 is 1.04 bits per heavy atom. The molecular formula is C21H26N2O2. The molecule has 1 amide bonds. The Morgan fingerprint density at radius 2 is 1.76 bits per heavy atom. The Bertz CT molecular complexity index is 667. The van der Waals surface area contributed by atoms with Gasteiger partial charge in [0.25, 0.3) is 0 Å². The molecule has 1 aliphatic heterocycles. The average Bonchev–Trinajstić information content (AvgIpc) is 2.67. The number of carbonyl (C=O) groups excluding carboxylic acids is 1. The third-order valence-electron chi connectivity index (χ3n) is 4.67. The number of rotatable bonds is 7. The van der Waals surface area contributed by atoms with Crippen molar-refractivity contribution in [1.29, 1.82) is 0 Å². The van der Waals surface area contributed by atoms with Gasteiger partial charge >= 0.3 is 0 Å². The number of hydrogen-bond donors (Lipinski definition) is 2. The van der Waals surface area contributed by atoms with Crippen LogP contribution in [0.25, 0.3) is 0 Å². The first-order valence-corrected chi connectivity index (χ1v) is 9.07. The fourth-order valence-corrected chi connectivity index (χ4v) is 3.16. The van der Waals surface area contributed by atoms with Crippen LogP contribution in [0, 0.1) is 5.92 Å². The van der Waals surface area contributed by atoms with Crippen LogP contribution in [-0.2, 0) is 11.4 Å². The van der Waals surface area contributed by atoms with Gasteiger partial charge < -0.3 is 15.4 Å². The summed E-state index contributed by atoms with van der Waals surface area (Å²) in [5.41, 5.74) is 1.83. The molecule has 0 saturated carbocycles. The van der Waals surface area contributed by atoms with Crippen molar-refractivity contribution < 1.29 is 9.53 Å². The maximum absolute atomic E-state index is 12.3. The average molecular weight is 338 g/mol. The van der Waals surface area contributed by atoms with E-state index in [1.54, 1.807) is 0 Å². The van der Waals surface area contributed by atoms with Crippen LogP contribution in [0.2, 0.25) is 0 Å². The van der Waals surface area contributed by atoms with Gasteiger partial charge in [0.15, 0.2) is 0 Å². The SMILES string of the molecule is O=C(CCC1CCNCC1)Nc1ccccc1COc1ccccc1. The Labute approximate surface area is 149 Å². The molecule has 0 spiro atoms. The number of nitrogens with one attached hydrogen (secondary N) is 2. The minimum absolute atomic E-state index is 0.0886. The first kappa shape index (κ1) is 17.5. The molecule has 4 nitrogen and oxygen atoms in total. The van der Waals surface area contributed by atoms with Gasteiger partial charge in [0.1, 0.15) is 12.4 Å². The van der Waals surface area contributed by atoms with Crippen LogP contribution < -0.4 is 15.4 Å². The third-order valence-corrected chi connectivity index (χ3v) is 4.67. The van der Waals surface area contributed by atoms with Crippen molar-refractivity contribution in [3.8, 4) is 5.75 Å². The van der Waals surface area contributed by atoms with E-state index in [9.17, 15) is 4.79 Å². The zero-order chi connectivity index (χ0) is 17.3. The summed E-state index contributed by atoms with van der Waals surface area (Å²) in [5.74, 6) is 1.59. The van der Waals surface area contributed by atoms with E-state index in [0.29, 0.717) is 18.9 Å². The number of ether oxygens (including phenoxy) is 1. The number of para-hydroxylation sites is 2. The van der Waals surface area contributed by atoms with Crippen LogP contribution in [0.4, 0.5) is 5.69 Å². The van der Waals surface area contributed by atoms with Gasteiger partial charge in [-0.05, 0) is 56.5 Å². The second kappa shape index (κ2) is 9.23. The smallest absolute Gasteiger partial charge is 0.224 e. The molecule has 2 N–H and O–H groups in total. The zero-order valence-corrected chi connectivity index (χ0v) is 14.5. The summed E-state index contributed by atoms with van der Waals surface area (Å²) >= 11 is 0. The molecule has 1 aliphatic rings. The van der Waals surface area contributed by atoms with Crippen molar-refractivity contribution in [2.24, 2.45) is 5.92 Å². The van der Waals surface area contributed by atoms with E-state index in [2.05, 4.69) is 10.6 Å². The maximum atomic E-state index is 12.3. The molecule has 2 aromatic carbocycles. The van der Waals surface area contributed by atoms with Crippen molar-refractivity contribution >= 4 is 11.6 Å². The molecule has 3 rings (SSSR count). The van der Waals surface area contributed by atoms with Crippen LogP contribution in [0.5, 0.6) is 5.75 Å². The minimum Gasteiger partial charge on any atom is -0.489 e. The van der Waals surface area contributed by atoms with Crippen molar-refractivity contribution in [2.75, 3.05) is 18.4 Å². The van der Waals surface area contributed by atoms with Gasteiger partial charge in [-0.25, -0.2) is 0 Å². The summed E-state index contributed by atoms with van der Waals surface area (Å²) in [6.07, 6.45) is 3.90. The molecule has 0 atom stereocenters. The summed E-state index contributed by atoms with van der Waals surface area (Å²) in [6.45, 7) is 2.59. The van der Waals surface area contributed by atoms with Crippen molar-refractivity contribution in [1.82, 2.24) is 5.32 Å². The zero-order valence-electron chi connectivity index (χ0n) is 14.5. The largest absolute Gasteiger partial charge is 0.489 e. The number of piperidine rings is 1. The predicted molar refractivity (Wildman–Crippen MR) is 101 cm³/mol. The van der Waals surface area contributed by atoms with Crippen molar-refractivity contribution in [3.05, 3.63) is 60.2 Å². The van der Waals surface area contributed by atoms with Gasteiger partial charge in [-0.1, -0.05) is 36.4 Å². The first-order chi connectivity index (χ1) is 12.3. The second-order valence-electron chi connectivity index (χ2n) is 6.54. The number of benzene rings is 2. The lowest BCUT2D eigenvalue weighted by atomic mass is 9.93. The molecular weight excluding hydrogens is 312 g/mol. The van der Waals surface area contributed by atoms with Crippen LogP contribution in [0.1, 0.15) is 31.2 Å². The molecule has 0 aliphatic carbocycles. The van der Waals surface area contributed by atoms with E-state index in [-0.39, 0.29) is 5.91 Å². The summed E-state index contributed by atoms with van der Waals surface area (Å²) in [5, 5.41) is 6.41. The van der Waals surface area contributed by atoms with Crippen molar-refractivity contribution in [2.45, 2.75) is 32.3 Å². The number of carbonyl (C=O) groups is 1. The van der Waals surface area contributed by atoms with Crippen LogP contribution in [0.15, 0.2) is 54.6 Å². The molecule has 1 heterocycles. The highest BCUT2D eigenvalue weighted by Crippen LogP contribution is 2.21. The van der Waals surface area contributed by atoms with Gasteiger partial charge in [-0.3, -0.25) is 4.79 Å². The van der Waals surface area contributed by atoms with E-state index in [1.807, 2.05) is 54.6 Å². The summed E-state index contributed by atoms with van der Waals surface area (Å²) < 4.78 is 5.81. The number of anilines is 1. The van der Waals surface area contributed by atoms with Crippen LogP contribution >= 0.6 is 0 Å². The van der Waals surface area contributed by atoms with E-state index in [4.69, 9.17) is 4.74 Å². The number of amides is 1. The molecule has 0 unspecified atom stereocenters. The number of hydrogen-bond acceptors (Lipinski definition) is 3. The molecule has 2 aromatic rings. The molecule has 1 fully saturated rings. The Balaban J connectivity index is 1.52. The minimum atomic E-state index is 0.0886. The van der Waals surface area contributed by atoms with E-state index >= 15 is 0 Å². The Kier molecular flexibility index (Phi) is 6.46. The van der Waals surface area contributed by atoms with Gasteiger partial charge in [0, 0.05) is 17.7 Å². The Morgan fingerprint density at radius 3 is 2.56 bits per heavy atom. The lowest BCUT2D eigenvalue weighted by molar-refractivity contribution is -0.116. The lowest BCUT2D eigenvalue weighted by Gasteiger charge is -2.22. The summed E-state index contributed by atoms with van der Waals surface area (Å²) in [7, 11) is 0. The highest BCUT2D eigenvalue weighted by Gasteiger charge is 2.15. The highest BCUT2D eigenvalue weighted by molar-refractivity contribution is 5.91. The van der Waals surface area contributed by atoms with Gasteiger partial charge in [-0.15, -0.1) is 0 Å². The fourth-order valence-electron chi connectivity index (χ4n) is 3.16. The monoisotopic (exact) mass is 338 g/mol.